The third kappa shape index (κ3) is 4.52. The Morgan fingerprint density at radius 2 is 2.17 bits per heavy atom. The van der Waals surface area contributed by atoms with Gasteiger partial charge in [-0.3, -0.25) is 9.20 Å². The van der Waals surface area contributed by atoms with Crippen LogP contribution in [-0.2, 0) is 16.1 Å². The lowest BCUT2D eigenvalue weighted by atomic mass is 10.2. The highest BCUT2D eigenvalue weighted by molar-refractivity contribution is 7.99. The van der Waals surface area contributed by atoms with Gasteiger partial charge in [0.25, 0.3) is 5.56 Å². The largest absolute Gasteiger partial charge is 0.456 e. The van der Waals surface area contributed by atoms with Gasteiger partial charge in [-0.1, -0.05) is 18.2 Å². The fraction of sp³-hybridized carbons (Fsp3) is 0.318. The van der Waals surface area contributed by atoms with Crippen LogP contribution in [0.4, 0.5) is 0 Å². The maximum Gasteiger partial charge on any atom is 0.339 e. The smallest absolute Gasteiger partial charge is 0.339 e. The zero-order valence-corrected chi connectivity index (χ0v) is 17.0. The van der Waals surface area contributed by atoms with Gasteiger partial charge in [0.15, 0.2) is 0 Å². The number of nitrogens with zero attached hydrogens (tertiary/aromatic N) is 2. The number of aryl methyl sites for hydroxylation is 1. The number of hydrogen-bond acceptors (Lipinski definition) is 6. The molecule has 0 saturated carbocycles. The van der Waals surface area contributed by atoms with E-state index in [1.54, 1.807) is 30.1 Å². The lowest BCUT2D eigenvalue weighted by Gasteiger charge is -2.12. The van der Waals surface area contributed by atoms with E-state index in [1.807, 2.05) is 31.2 Å². The predicted molar refractivity (Wildman–Crippen MR) is 111 cm³/mol. The van der Waals surface area contributed by atoms with Gasteiger partial charge >= 0.3 is 5.97 Å². The molecule has 0 unspecified atom stereocenters. The molecule has 150 valence electrons. The van der Waals surface area contributed by atoms with Gasteiger partial charge in [-0.15, -0.1) is 11.8 Å². The maximum absolute atomic E-state index is 12.7. The first-order valence-electron chi connectivity index (χ1n) is 9.60. The molecule has 0 amide bonds. The highest BCUT2D eigenvalue weighted by Gasteiger charge is 2.18. The van der Waals surface area contributed by atoms with Gasteiger partial charge in [0.1, 0.15) is 12.3 Å². The number of fused-ring (bicyclic) bond motifs is 1. The van der Waals surface area contributed by atoms with Crippen molar-refractivity contribution in [2.45, 2.75) is 37.4 Å². The molecule has 3 heterocycles. The van der Waals surface area contributed by atoms with Gasteiger partial charge in [-0.2, -0.15) is 0 Å². The van der Waals surface area contributed by atoms with E-state index >= 15 is 0 Å². The first-order chi connectivity index (χ1) is 14.1. The Balaban J connectivity index is 1.47. The van der Waals surface area contributed by atoms with Crippen LogP contribution in [0.25, 0.3) is 5.65 Å². The number of carbonyl (C=O) groups excluding carboxylic acids is 1. The number of rotatable bonds is 6. The number of esters is 1. The van der Waals surface area contributed by atoms with Crippen molar-refractivity contribution in [2.75, 3.05) is 12.4 Å². The Kier molecular flexibility index (Phi) is 5.97. The van der Waals surface area contributed by atoms with Gasteiger partial charge in [0.2, 0.25) is 0 Å². The van der Waals surface area contributed by atoms with Crippen LogP contribution in [0.3, 0.4) is 0 Å². The summed E-state index contributed by atoms with van der Waals surface area (Å²) in [6, 6.07) is 12.5. The molecule has 4 rings (SSSR count). The molecule has 0 aliphatic carbocycles. The molecule has 7 heteroatoms. The predicted octanol–water partition coefficient (Wildman–Crippen LogP) is 3.63. The van der Waals surface area contributed by atoms with Crippen molar-refractivity contribution < 1.29 is 14.3 Å². The fourth-order valence-corrected chi connectivity index (χ4v) is 4.43. The number of hydrogen-bond donors (Lipinski definition) is 0. The van der Waals surface area contributed by atoms with E-state index in [-0.39, 0.29) is 18.3 Å². The molecule has 0 bridgehead atoms. The Morgan fingerprint density at radius 1 is 1.31 bits per heavy atom. The molecular weight excluding hydrogens is 388 g/mol. The summed E-state index contributed by atoms with van der Waals surface area (Å²) in [5.74, 6) is 0.388. The minimum absolute atomic E-state index is 0.0519. The molecular formula is C22H22N2O4S. The van der Waals surface area contributed by atoms with E-state index in [9.17, 15) is 9.59 Å². The molecule has 1 aliphatic rings. The number of carbonyl (C=O) groups is 1. The number of ether oxygens (including phenoxy) is 2. The average molecular weight is 410 g/mol. The van der Waals surface area contributed by atoms with Crippen LogP contribution in [0.2, 0.25) is 0 Å². The van der Waals surface area contributed by atoms with E-state index in [1.165, 1.54) is 10.5 Å². The summed E-state index contributed by atoms with van der Waals surface area (Å²) in [6.45, 7) is 2.65. The molecule has 3 aromatic rings. The van der Waals surface area contributed by atoms with Crippen molar-refractivity contribution >= 4 is 23.4 Å². The van der Waals surface area contributed by atoms with Crippen LogP contribution >= 0.6 is 11.8 Å². The van der Waals surface area contributed by atoms with Crippen molar-refractivity contribution in [2.24, 2.45) is 0 Å². The minimum atomic E-state index is -0.424. The Bertz CT molecular complexity index is 1090. The van der Waals surface area contributed by atoms with Gasteiger partial charge in [0, 0.05) is 29.5 Å². The molecule has 6 nitrogen and oxygen atoms in total. The zero-order chi connectivity index (χ0) is 20.2. The molecule has 1 aromatic carbocycles. The topological polar surface area (TPSA) is 69.9 Å². The van der Waals surface area contributed by atoms with Crippen molar-refractivity contribution in [1.82, 2.24) is 9.38 Å². The van der Waals surface area contributed by atoms with Crippen LogP contribution < -0.4 is 5.56 Å². The second-order valence-corrected chi connectivity index (χ2v) is 8.05. The van der Waals surface area contributed by atoms with Gasteiger partial charge in [-0.05, 0) is 43.5 Å². The quantitative estimate of drug-likeness (QED) is 0.457. The number of benzene rings is 1. The SMILES string of the molecule is Cc1cccn2c(=O)cc(COC(=O)c3ccccc3SC[C@@H]3CCCO3)nc12. The normalized spacial score (nSPS) is 16.2. The third-order valence-corrected chi connectivity index (χ3v) is 6.05. The Labute approximate surface area is 172 Å². The zero-order valence-electron chi connectivity index (χ0n) is 16.2. The monoisotopic (exact) mass is 410 g/mol. The molecule has 1 saturated heterocycles. The number of pyridine rings is 1. The van der Waals surface area contributed by atoms with E-state index in [4.69, 9.17) is 9.47 Å². The number of thioether (sulfide) groups is 1. The molecule has 29 heavy (non-hydrogen) atoms. The Morgan fingerprint density at radius 3 is 3.00 bits per heavy atom. The maximum atomic E-state index is 12.7. The standard InChI is InChI=1S/C22H22N2O4S/c1-15-6-4-10-24-20(25)12-16(23-21(15)24)13-28-22(26)18-8-2-3-9-19(18)29-14-17-7-5-11-27-17/h2-4,6,8-10,12,17H,5,7,11,13-14H2,1H3/t17-/m0/s1. The van der Waals surface area contributed by atoms with Crippen LogP contribution in [0, 0.1) is 6.92 Å². The highest BCUT2D eigenvalue weighted by atomic mass is 32.2. The van der Waals surface area contributed by atoms with Gasteiger partial charge < -0.3 is 9.47 Å². The molecule has 1 fully saturated rings. The highest BCUT2D eigenvalue weighted by Crippen LogP contribution is 2.27. The lowest BCUT2D eigenvalue weighted by molar-refractivity contribution is 0.0463. The summed E-state index contributed by atoms with van der Waals surface area (Å²) in [4.78, 5) is 30.3. The van der Waals surface area contributed by atoms with E-state index in [0.29, 0.717) is 16.9 Å². The van der Waals surface area contributed by atoms with Gasteiger partial charge in [-0.25, -0.2) is 9.78 Å². The molecule has 1 aliphatic heterocycles. The summed E-state index contributed by atoms with van der Waals surface area (Å²) in [5.41, 5.74) is 2.20. The van der Waals surface area contributed by atoms with E-state index < -0.39 is 5.97 Å². The fourth-order valence-electron chi connectivity index (χ4n) is 3.32. The first-order valence-corrected chi connectivity index (χ1v) is 10.6. The molecule has 1 atom stereocenters. The second kappa shape index (κ2) is 8.80. The van der Waals surface area contributed by atoms with Crippen LogP contribution in [0.1, 0.15) is 34.5 Å². The van der Waals surface area contributed by atoms with Crippen LogP contribution in [-0.4, -0.2) is 33.8 Å². The average Bonchev–Trinajstić information content (AvgIpc) is 3.25. The van der Waals surface area contributed by atoms with Crippen molar-refractivity contribution in [3.05, 3.63) is 75.8 Å². The molecule has 0 spiro atoms. The summed E-state index contributed by atoms with van der Waals surface area (Å²) < 4.78 is 12.6. The van der Waals surface area contributed by atoms with Crippen molar-refractivity contribution in [3.63, 3.8) is 0 Å². The first kappa shape index (κ1) is 19.7. The third-order valence-electron chi connectivity index (χ3n) is 4.85. The van der Waals surface area contributed by atoms with Crippen molar-refractivity contribution in [3.8, 4) is 0 Å². The van der Waals surface area contributed by atoms with Crippen LogP contribution in [0.5, 0.6) is 0 Å². The molecule has 0 N–H and O–H groups in total. The van der Waals surface area contributed by atoms with E-state index in [0.717, 1.165) is 35.7 Å². The lowest BCUT2D eigenvalue weighted by Crippen LogP contribution is -2.17. The summed E-state index contributed by atoms with van der Waals surface area (Å²) in [7, 11) is 0. The summed E-state index contributed by atoms with van der Waals surface area (Å²) in [6.07, 6.45) is 4.06. The Hall–Kier alpha value is -2.64. The second-order valence-electron chi connectivity index (χ2n) is 6.99. The summed E-state index contributed by atoms with van der Waals surface area (Å²) >= 11 is 1.61. The molecule has 0 radical (unpaired) electrons. The minimum Gasteiger partial charge on any atom is -0.456 e. The number of aromatic nitrogens is 2. The van der Waals surface area contributed by atoms with Gasteiger partial charge in [0.05, 0.1) is 17.4 Å². The van der Waals surface area contributed by atoms with Crippen LogP contribution in [0.15, 0.2) is 58.4 Å². The summed E-state index contributed by atoms with van der Waals surface area (Å²) in [5, 5.41) is 0. The molecule has 2 aromatic heterocycles. The van der Waals surface area contributed by atoms with E-state index in [2.05, 4.69) is 4.98 Å². The van der Waals surface area contributed by atoms with Crippen molar-refractivity contribution in [1.29, 1.82) is 0 Å².